The molecule has 0 saturated heterocycles. The Labute approximate surface area is 116 Å². The van der Waals surface area contributed by atoms with E-state index in [1.165, 1.54) is 0 Å². The Kier molecular flexibility index (Phi) is 4.44. The van der Waals surface area contributed by atoms with Crippen LogP contribution in [-0.4, -0.2) is 23.6 Å². The van der Waals surface area contributed by atoms with Crippen LogP contribution in [0.4, 0.5) is 0 Å². The third-order valence-electron chi connectivity index (χ3n) is 2.62. The summed E-state index contributed by atoms with van der Waals surface area (Å²) in [6.07, 6.45) is 0.846. The van der Waals surface area contributed by atoms with Crippen molar-refractivity contribution >= 4 is 15.9 Å². The van der Waals surface area contributed by atoms with Crippen LogP contribution in [0.2, 0.25) is 0 Å². The van der Waals surface area contributed by atoms with E-state index in [0.29, 0.717) is 0 Å². The van der Waals surface area contributed by atoms with Crippen molar-refractivity contribution < 1.29 is 0 Å². The lowest BCUT2D eigenvalue weighted by atomic mass is 10.1. The van der Waals surface area contributed by atoms with Gasteiger partial charge in [0.05, 0.1) is 5.69 Å². The number of aromatic nitrogens is 2. The molecule has 3 nitrogen and oxygen atoms in total. The minimum absolute atomic E-state index is 0.846. The molecular formula is C14H16BrN3. The average Bonchev–Trinajstić information content (AvgIpc) is 2.36. The van der Waals surface area contributed by atoms with Crippen molar-refractivity contribution in [3.63, 3.8) is 0 Å². The van der Waals surface area contributed by atoms with Crippen molar-refractivity contribution in [2.24, 2.45) is 0 Å². The van der Waals surface area contributed by atoms with Gasteiger partial charge in [-0.05, 0) is 32.2 Å². The highest BCUT2D eigenvalue weighted by Gasteiger charge is 2.05. The van der Waals surface area contributed by atoms with Crippen molar-refractivity contribution in [1.82, 2.24) is 15.3 Å². The quantitative estimate of drug-likeness (QED) is 0.943. The van der Waals surface area contributed by atoms with Gasteiger partial charge in [-0.25, -0.2) is 9.97 Å². The molecule has 1 aromatic carbocycles. The van der Waals surface area contributed by atoms with Gasteiger partial charge < -0.3 is 5.32 Å². The third kappa shape index (κ3) is 3.37. The summed E-state index contributed by atoms with van der Waals surface area (Å²) in [5.41, 5.74) is 3.10. The molecule has 0 unspecified atom stereocenters. The Bertz CT molecular complexity index is 540. The zero-order valence-electron chi connectivity index (χ0n) is 10.6. The number of halogens is 1. The highest BCUT2D eigenvalue weighted by Crippen LogP contribution is 2.21. The van der Waals surface area contributed by atoms with Gasteiger partial charge in [-0.2, -0.15) is 0 Å². The van der Waals surface area contributed by atoms with E-state index in [-0.39, 0.29) is 0 Å². The molecule has 0 aliphatic rings. The summed E-state index contributed by atoms with van der Waals surface area (Å²) in [7, 11) is 1.94. The fraction of sp³-hybridized carbons (Fsp3) is 0.286. The molecule has 0 radical (unpaired) electrons. The predicted molar refractivity (Wildman–Crippen MR) is 77.5 cm³/mol. The van der Waals surface area contributed by atoms with Crippen LogP contribution in [0.15, 0.2) is 34.8 Å². The maximum Gasteiger partial charge on any atom is 0.130 e. The van der Waals surface area contributed by atoms with Crippen LogP contribution in [0, 0.1) is 6.92 Å². The van der Waals surface area contributed by atoms with E-state index in [2.05, 4.69) is 43.3 Å². The van der Waals surface area contributed by atoms with Crippen LogP contribution < -0.4 is 5.32 Å². The number of hydrogen-bond donors (Lipinski definition) is 1. The molecule has 2 rings (SSSR count). The molecule has 0 aliphatic heterocycles. The Morgan fingerprint density at radius 3 is 2.78 bits per heavy atom. The first-order valence-electron chi connectivity index (χ1n) is 5.94. The SMILES string of the molecule is CNCCc1nc(C)cc(-c2cccc(Br)c2)n1. The summed E-state index contributed by atoms with van der Waals surface area (Å²) in [4.78, 5) is 9.07. The summed E-state index contributed by atoms with van der Waals surface area (Å²) in [6.45, 7) is 2.90. The van der Waals surface area contributed by atoms with Crippen molar-refractivity contribution in [2.45, 2.75) is 13.3 Å². The van der Waals surface area contributed by atoms with Crippen LogP contribution in [0.25, 0.3) is 11.3 Å². The molecule has 18 heavy (non-hydrogen) atoms. The molecule has 94 valence electrons. The molecule has 2 aromatic rings. The van der Waals surface area contributed by atoms with Gasteiger partial charge in [0.2, 0.25) is 0 Å². The fourth-order valence-electron chi connectivity index (χ4n) is 1.77. The van der Waals surface area contributed by atoms with Crippen LogP contribution >= 0.6 is 15.9 Å². The van der Waals surface area contributed by atoms with Gasteiger partial charge in [-0.15, -0.1) is 0 Å². The number of hydrogen-bond acceptors (Lipinski definition) is 3. The zero-order chi connectivity index (χ0) is 13.0. The molecule has 0 atom stereocenters. The number of likely N-dealkylation sites (N-methyl/N-ethyl adjacent to an activating group) is 1. The predicted octanol–water partition coefficient (Wildman–Crippen LogP) is 2.98. The Hall–Kier alpha value is -1.26. The minimum atomic E-state index is 0.846. The summed E-state index contributed by atoms with van der Waals surface area (Å²) >= 11 is 3.48. The van der Waals surface area contributed by atoms with Gasteiger partial charge in [0.15, 0.2) is 0 Å². The highest BCUT2D eigenvalue weighted by molar-refractivity contribution is 9.10. The first-order valence-corrected chi connectivity index (χ1v) is 6.73. The second-order valence-electron chi connectivity index (χ2n) is 4.17. The van der Waals surface area contributed by atoms with Gasteiger partial charge in [-0.1, -0.05) is 28.1 Å². The minimum Gasteiger partial charge on any atom is -0.319 e. The van der Waals surface area contributed by atoms with Gasteiger partial charge in [0.25, 0.3) is 0 Å². The van der Waals surface area contributed by atoms with Crippen LogP contribution in [0.1, 0.15) is 11.5 Å². The second kappa shape index (κ2) is 6.07. The lowest BCUT2D eigenvalue weighted by Crippen LogP contribution is -2.12. The average molecular weight is 306 g/mol. The first-order chi connectivity index (χ1) is 8.69. The van der Waals surface area contributed by atoms with Gasteiger partial charge in [-0.3, -0.25) is 0 Å². The van der Waals surface area contributed by atoms with Crippen molar-refractivity contribution in [2.75, 3.05) is 13.6 Å². The summed E-state index contributed by atoms with van der Waals surface area (Å²) in [5.74, 6) is 0.888. The number of nitrogens with one attached hydrogen (secondary N) is 1. The first kappa shape index (κ1) is 13.2. The van der Waals surface area contributed by atoms with Crippen LogP contribution in [0.5, 0.6) is 0 Å². The zero-order valence-corrected chi connectivity index (χ0v) is 12.2. The Morgan fingerprint density at radius 2 is 2.06 bits per heavy atom. The standard InChI is InChI=1S/C14H16BrN3/c1-10-8-13(11-4-3-5-12(15)9-11)18-14(17-10)6-7-16-2/h3-5,8-9,16H,6-7H2,1-2H3. The molecule has 4 heteroatoms. The summed E-state index contributed by atoms with van der Waals surface area (Å²) < 4.78 is 1.06. The molecule has 0 bridgehead atoms. The highest BCUT2D eigenvalue weighted by atomic mass is 79.9. The lowest BCUT2D eigenvalue weighted by Gasteiger charge is -2.06. The monoisotopic (exact) mass is 305 g/mol. The molecule has 1 N–H and O–H groups in total. The van der Waals surface area contributed by atoms with E-state index in [9.17, 15) is 0 Å². The molecule has 0 amide bonds. The number of benzene rings is 1. The van der Waals surface area contributed by atoms with E-state index in [4.69, 9.17) is 0 Å². The van der Waals surface area contributed by atoms with Crippen molar-refractivity contribution in [3.05, 3.63) is 46.3 Å². The smallest absolute Gasteiger partial charge is 0.130 e. The third-order valence-corrected chi connectivity index (χ3v) is 3.11. The van der Waals surface area contributed by atoms with Crippen LogP contribution in [0.3, 0.4) is 0 Å². The molecule has 0 fully saturated rings. The summed E-state index contributed by atoms with van der Waals surface area (Å²) in [5, 5.41) is 3.12. The maximum absolute atomic E-state index is 4.61. The molecule has 1 heterocycles. The molecule has 0 saturated carbocycles. The number of rotatable bonds is 4. The van der Waals surface area contributed by atoms with E-state index in [0.717, 1.165) is 40.2 Å². The van der Waals surface area contributed by atoms with Gasteiger partial charge in [0.1, 0.15) is 5.82 Å². The number of aryl methyl sites for hydroxylation is 1. The summed E-state index contributed by atoms with van der Waals surface area (Å²) in [6, 6.07) is 10.2. The van der Waals surface area contributed by atoms with Crippen molar-refractivity contribution in [1.29, 1.82) is 0 Å². The number of nitrogens with zero attached hydrogens (tertiary/aromatic N) is 2. The molecule has 0 spiro atoms. The topological polar surface area (TPSA) is 37.8 Å². The normalized spacial score (nSPS) is 10.6. The second-order valence-corrected chi connectivity index (χ2v) is 5.09. The van der Waals surface area contributed by atoms with E-state index < -0.39 is 0 Å². The van der Waals surface area contributed by atoms with Gasteiger partial charge >= 0.3 is 0 Å². The lowest BCUT2D eigenvalue weighted by molar-refractivity contribution is 0.752. The largest absolute Gasteiger partial charge is 0.319 e. The molecular weight excluding hydrogens is 290 g/mol. The maximum atomic E-state index is 4.61. The van der Waals surface area contributed by atoms with Gasteiger partial charge in [0, 0.05) is 28.7 Å². The molecule has 0 aliphatic carbocycles. The van der Waals surface area contributed by atoms with Crippen molar-refractivity contribution in [3.8, 4) is 11.3 Å². The fourth-order valence-corrected chi connectivity index (χ4v) is 2.17. The van der Waals surface area contributed by atoms with E-state index in [1.807, 2.05) is 32.2 Å². The molecule has 1 aromatic heterocycles. The van der Waals surface area contributed by atoms with Crippen LogP contribution in [-0.2, 0) is 6.42 Å². The van der Waals surface area contributed by atoms with E-state index in [1.54, 1.807) is 0 Å². The van der Waals surface area contributed by atoms with E-state index >= 15 is 0 Å². The Morgan fingerprint density at radius 1 is 1.22 bits per heavy atom. The Balaban J connectivity index is 2.35.